The fourth-order valence-electron chi connectivity index (χ4n) is 1.91. The minimum atomic E-state index is -0.723. The van der Waals surface area contributed by atoms with Gasteiger partial charge in [0.25, 0.3) is 5.69 Å². The summed E-state index contributed by atoms with van der Waals surface area (Å²) in [7, 11) is 0. The van der Waals surface area contributed by atoms with Gasteiger partial charge in [0, 0.05) is 24.2 Å². The molecule has 0 saturated carbocycles. The molecule has 110 valence electrons. The molecule has 0 spiro atoms. The van der Waals surface area contributed by atoms with Gasteiger partial charge in [0.1, 0.15) is 11.6 Å². The molecule has 0 aromatic heterocycles. The van der Waals surface area contributed by atoms with Gasteiger partial charge in [0.2, 0.25) is 0 Å². The Morgan fingerprint density at radius 3 is 2.67 bits per heavy atom. The molecular formula is C14H11BrF2N2O2. The summed E-state index contributed by atoms with van der Waals surface area (Å²) in [5.74, 6) is -1.41. The molecule has 0 radical (unpaired) electrons. The second-order valence-corrected chi connectivity index (χ2v) is 5.27. The molecule has 7 heteroatoms. The number of benzene rings is 2. The van der Waals surface area contributed by atoms with Crippen molar-refractivity contribution in [3.63, 3.8) is 0 Å². The van der Waals surface area contributed by atoms with Crippen LogP contribution in [0.4, 0.5) is 20.2 Å². The van der Waals surface area contributed by atoms with Crippen molar-refractivity contribution in [3.05, 3.63) is 67.7 Å². The van der Waals surface area contributed by atoms with E-state index in [4.69, 9.17) is 0 Å². The fourth-order valence-corrected chi connectivity index (χ4v) is 2.25. The number of nitrogens with zero attached hydrogens (tertiary/aromatic N) is 1. The average Bonchev–Trinajstić information content (AvgIpc) is 2.42. The summed E-state index contributed by atoms with van der Waals surface area (Å²) in [4.78, 5) is 10.4. The minimum absolute atomic E-state index is 0.00931. The zero-order chi connectivity index (χ0) is 15.6. The maximum atomic E-state index is 13.6. The third kappa shape index (κ3) is 3.36. The Morgan fingerprint density at radius 2 is 2.00 bits per heavy atom. The molecule has 0 fully saturated rings. The lowest BCUT2D eigenvalue weighted by Gasteiger charge is -2.11. The van der Waals surface area contributed by atoms with Gasteiger partial charge in [-0.15, -0.1) is 0 Å². The standard InChI is InChI=1S/C14H11BrF2N2O2/c1-8-9(3-2-4-14(8)19(20)21)7-18-13-5-10(15)11(16)6-12(13)17/h2-6,18H,7H2,1H3. The smallest absolute Gasteiger partial charge is 0.272 e. The third-order valence-electron chi connectivity index (χ3n) is 3.09. The molecule has 2 rings (SSSR count). The van der Waals surface area contributed by atoms with Crippen molar-refractivity contribution in [3.8, 4) is 0 Å². The highest BCUT2D eigenvalue weighted by Gasteiger charge is 2.14. The van der Waals surface area contributed by atoms with Crippen LogP contribution in [0.2, 0.25) is 0 Å². The zero-order valence-corrected chi connectivity index (χ0v) is 12.6. The third-order valence-corrected chi connectivity index (χ3v) is 3.70. The maximum Gasteiger partial charge on any atom is 0.272 e. The first kappa shape index (κ1) is 15.4. The van der Waals surface area contributed by atoms with Crippen LogP contribution in [0.3, 0.4) is 0 Å². The molecule has 0 saturated heterocycles. The fraction of sp³-hybridized carbons (Fsp3) is 0.143. The van der Waals surface area contributed by atoms with E-state index in [0.717, 1.165) is 6.07 Å². The molecule has 1 N–H and O–H groups in total. The highest BCUT2D eigenvalue weighted by atomic mass is 79.9. The van der Waals surface area contributed by atoms with Gasteiger partial charge in [-0.3, -0.25) is 10.1 Å². The van der Waals surface area contributed by atoms with Crippen molar-refractivity contribution < 1.29 is 13.7 Å². The van der Waals surface area contributed by atoms with E-state index in [1.165, 1.54) is 12.1 Å². The Bertz CT molecular complexity index is 708. The van der Waals surface area contributed by atoms with E-state index in [2.05, 4.69) is 21.2 Å². The quantitative estimate of drug-likeness (QED) is 0.496. The van der Waals surface area contributed by atoms with Crippen LogP contribution in [0.1, 0.15) is 11.1 Å². The van der Waals surface area contributed by atoms with Gasteiger partial charge in [-0.2, -0.15) is 0 Å². The van der Waals surface area contributed by atoms with E-state index in [0.29, 0.717) is 11.1 Å². The van der Waals surface area contributed by atoms with Crippen molar-refractivity contribution in [1.82, 2.24) is 0 Å². The van der Waals surface area contributed by atoms with Crippen LogP contribution in [0.5, 0.6) is 0 Å². The van der Waals surface area contributed by atoms with Crippen LogP contribution in [0, 0.1) is 28.7 Å². The van der Waals surface area contributed by atoms with Crippen LogP contribution in [0.25, 0.3) is 0 Å². The van der Waals surface area contributed by atoms with Crippen molar-refractivity contribution in [2.45, 2.75) is 13.5 Å². The van der Waals surface area contributed by atoms with Crippen LogP contribution in [0.15, 0.2) is 34.8 Å². The van der Waals surface area contributed by atoms with Gasteiger partial charge in [-0.05, 0) is 34.5 Å². The number of rotatable bonds is 4. The summed E-state index contributed by atoms with van der Waals surface area (Å²) in [6, 6.07) is 6.75. The Balaban J connectivity index is 2.23. The van der Waals surface area contributed by atoms with Gasteiger partial charge in [0.15, 0.2) is 0 Å². The molecule has 21 heavy (non-hydrogen) atoms. The van der Waals surface area contributed by atoms with Crippen molar-refractivity contribution in [1.29, 1.82) is 0 Å². The largest absolute Gasteiger partial charge is 0.379 e. The van der Waals surface area contributed by atoms with E-state index in [9.17, 15) is 18.9 Å². The number of anilines is 1. The first-order valence-electron chi connectivity index (χ1n) is 6.01. The minimum Gasteiger partial charge on any atom is -0.379 e. The molecule has 0 unspecified atom stereocenters. The van der Waals surface area contributed by atoms with E-state index in [1.54, 1.807) is 19.1 Å². The predicted molar refractivity (Wildman–Crippen MR) is 79.2 cm³/mol. The molecule has 0 aliphatic heterocycles. The number of halogens is 3. The number of hydrogen-bond donors (Lipinski definition) is 1. The Labute approximate surface area is 128 Å². The summed E-state index contributed by atoms with van der Waals surface area (Å²) in [6.45, 7) is 1.83. The average molecular weight is 357 g/mol. The first-order chi connectivity index (χ1) is 9.90. The molecule has 0 heterocycles. The maximum absolute atomic E-state index is 13.6. The second-order valence-electron chi connectivity index (χ2n) is 4.42. The van der Waals surface area contributed by atoms with Crippen molar-refractivity contribution in [2.24, 2.45) is 0 Å². The van der Waals surface area contributed by atoms with Crippen LogP contribution in [-0.2, 0) is 6.54 Å². The number of hydrogen-bond acceptors (Lipinski definition) is 3. The lowest BCUT2D eigenvalue weighted by molar-refractivity contribution is -0.385. The van der Waals surface area contributed by atoms with Crippen molar-refractivity contribution in [2.75, 3.05) is 5.32 Å². The molecule has 0 atom stereocenters. The van der Waals surface area contributed by atoms with E-state index in [1.807, 2.05) is 0 Å². The number of nitro groups is 1. The normalized spacial score (nSPS) is 10.5. The molecule has 0 aliphatic carbocycles. The SMILES string of the molecule is Cc1c(CNc2cc(Br)c(F)cc2F)cccc1[N+](=O)[O-]. The molecule has 2 aromatic rings. The Kier molecular flexibility index (Phi) is 4.52. The molecule has 0 bridgehead atoms. The topological polar surface area (TPSA) is 55.2 Å². The van der Waals surface area contributed by atoms with Crippen LogP contribution < -0.4 is 5.32 Å². The summed E-state index contributed by atoms with van der Waals surface area (Å²) in [5.41, 5.74) is 1.31. The second kappa shape index (κ2) is 6.17. The number of nitrogens with one attached hydrogen (secondary N) is 1. The lowest BCUT2D eigenvalue weighted by Crippen LogP contribution is -2.05. The summed E-state index contributed by atoms with van der Waals surface area (Å²) < 4.78 is 26.9. The molecule has 0 aliphatic rings. The van der Waals surface area contributed by atoms with Gasteiger partial charge >= 0.3 is 0 Å². The van der Waals surface area contributed by atoms with E-state index < -0.39 is 16.6 Å². The Morgan fingerprint density at radius 1 is 1.29 bits per heavy atom. The van der Waals surface area contributed by atoms with Crippen LogP contribution >= 0.6 is 15.9 Å². The van der Waals surface area contributed by atoms with E-state index in [-0.39, 0.29) is 22.4 Å². The number of nitro benzene ring substituents is 1. The van der Waals surface area contributed by atoms with Gasteiger partial charge < -0.3 is 5.32 Å². The van der Waals surface area contributed by atoms with E-state index >= 15 is 0 Å². The lowest BCUT2D eigenvalue weighted by atomic mass is 10.1. The van der Waals surface area contributed by atoms with Gasteiger partial charge in [-0.25, -0.2) is 8.78 Å². The zero-order valence-electron chi connectivity index (χ0n) is 11.0. The van der Waals surface area contributed by atoms with Crippen LogP contribution in [-0.4, -0.2) is 4.92 Å². The summed E-state index contributed by atoms with van der Waals surface area (Å²) in [6.07, 6.45) is 0. The van der Waals surface area contributed by atoms with Crippen molar-refractivity contribution >= 4 is 27.3 Å². The summed E-state index contributed by atoms with van der Waals surface area (Å²) >= 11 is 2.98. The molecule has 4 nitrogen and oxygen atoms in total. The predicted octanol–water partition coefficient (Wildman–Crippen LogP) is 4.56. The monoisotopic (exact) mass is 356 g/mol. The molecule has 0 amide bonds. The highest BCUT2D eigenvalue weighted by molar-refractivity contribution is 9.10. The first-order valence-corrected chi connectivity index (χ1v) is 6.80. The molecule has 2 aromatic carbocycles. The highest BCUT2D eigenvalue weighted by Crippen LogP contribution is 2.26. The summed E-state index contributed by atoms with van der Waals surface area (Å²) in [5, 5.41) is 13.7. The van der Waals surface area contributed by atoms with Gasteiger partial charge in [0.05, 0.1) is 15.1 Å². The Hall–Kier alpha value is -2.02. The van der Waals surface area contributed by atoms with Gasteiger partial charge in [-0.1, -0.05) is 12.1 Å². The molecular weight excluding hydrogens is 346 g/mol.